The van der Waals surface area contributed by atoms with Crippen LogP contribution in [0, 0.1) is 0 Å². The van der Waals surface area contributed by atoms with E-state index in [1.807, 2.05) is 0 Å². The quantitative estimate of drug-likeness (QED) is 0.586. The lowest BCUT2D eigenvalue weighted by Crippen LogP contribution is -2.49. The number of carbonyl (C=O) groups is 1. The van der Waals surface area contributed by atoms with Gasteiger partial charge in [-0.25, -0.2) is 9.97 Å². The molecular formula is C18H14BrF3N4O2. The van der Waals surface area contributed by atoms with E-state index in [4.69, 9.17) is 4.42 Å². The molecule has 3 aromatic rings. The third kappa shape index (κ3) is 3.56. The predicted molar refractivity (Wildman–Crippen MR) is 99.1 cm³/mol. The largest absolute Gasteiger partial charge is 0.444 e. The first kappa shape index (κ1) is 18.7. The molecule has 28 heavy (non-hydrogen) atoms. The number of hydrogen-bond donors (Lipinski definition) is 0. The first-order chi connectivity index (χ1) is 13.3. The molecule has 1 aromatic carbocycles. The minimum absolute atomic E-state index is 0.182. The molecule has 0 bridgehead atoms. The molecule has 1 amide bonds. The number of aromatic nitrogens is 2. The molecule has 1 saturated heterocycles. The molecule has 6 nitrogen and oxygen atoms in total. The van der Waals surface area contributed by atoms with Crippen LogP contribution in [-0.2, 0) is 6.18 Å². The third-order valence-electron chi connectivity index (χ3n) is 4.47. The zero-order valence-electron chi connectivity index (χ0n) is 14.4. The highest BCUT2D eigenvalue weighted by molar-refractivity contribution is 9.10. The van der Waals surface area contributed by atoms with Gasteiger partial charge in [0.05, 0.1) is 11.0 Å². The SMILES string of the molecule is O=C(c1ccc(Br)o1)N1CCN(c2nc3ccccc3nc2C(F)(F)F)CC1. The van der Waals surface area contributed by atoms with Crippen molar-refractivity contribution in [3.8, 4) is 0 Å². The van der Waals surface area contributed by atoms with E-state index in [0.717, 1.165) is 0 Å². The van der Waals surface area contributed by atoms with Gasteiger partial charge in [-0.15, -0.1) is 0 Å². The van der Waals surface area contributed by atoms with Crippen LogP contribution in [0.3, 0.4) is 0 Å². The number of fused-ring (bicyclic) bond motifs is 1. The Morgan fingerprint density at radius 2 is 1.64 bits per heavy atom. The summed E-state index contributed by atoms with van der Waals surface area (Å²) in [7, 11) is 0. The average molecular weight is 455 g/mol. The molecule has 1 aliphatic heterocycles. The monoisotopic (exact) mass is 454 g/mol. The van der Waals surface area contributed by atoms with E-state index in [-0.39, 0.29) is 49.2 Å². The second-order valence-electron chi connectivity index (χ2n) is 6.27. The van der Waals surface area contributed by atoms with Crippen molar-refractivity contribution < 1.29 is 22.4 Å². The zero-order valence-corrected chi connectivity index (χ0v) is 16.0. The molecule has 0 unspecified atom stereocenters. The summed E-state index contributed by atoms with van der Waals surface area (Å²) in [5.41, 5.74) is -0.429. The summed E-state index contributed by atoms with van der Waals surface area (Å²) < 4.78 is 46.4. The number of carbonyl (C=O) groups excluding carboxylic acids is 1. The van der Waals surface area contributed by atoms with Crippen LogP contribution in [0.5, 0.6) is 0 Å². The van der Waals surface area contributed by atoms with Crippen LogP contribution >= 0.6 is 15.9 Å². The molecule has 4 rings (SSSR count). The Bertz CT molecular complexity index is 1030. The minimum atomic E-state index is -4.63. The van der Waals surface area contributed by atoms with E-state index in [1.54, 1.807) is 35.2 Å². The van der Waals surface area contributed by atoms with Crippen molar-refractivity contribution in [1.29, 1.82) is 0 Å². The van der Waals surface area contributed by atoms with Gasteiger partial charge in [0.1, 0.15) is 0 Å². The maximum absolute atomic E-state index is 13.5. The second kappa shape index (κ2) is 7.08. The number of benzene rings is 1. The van der Waals surface area contributed by atoms with Gasteiger partial charge in [0, 0.05) is 26.2 Å². The number of anilines is 1. The highest BCUT2D eigenvalue weighted by Gasteiger charge is 2.39. The van der Waals surface area contributed by atoms with Gasteiger partial charge < -0.3 is 14.2 Å². The topological polar surface area (TPSA) is 62.5 Å². The molecule has 0 atom stereocenters. The Morgan fingerprint density at radius 3 is 2.21 bits per heavy atom. The van der Waals surface area contributed by atoms with Crippen molar-refractivity contribution >= 4 is 38.7 Å². The van der Waals surface area contributed by atoms with Crippen LogP contribution in [0.4, 0.5) is 19.0 Å². The molecule has 1 fully saturated rings. The summed E-state index contributed by atoms with van der Waals surface area (Å²) in [6, 6.07) is 9.61. The lowest BCUT2D eigenvalue weighted by Gasteiger charge is -2.35. The van der Waals surface area contributed by atoms with Gasteiger partial charge in [-0.05, 0) is 40.2 Å². The minimum Gasteiger partial charge on any atom is -0.444 e. The highest BCUT2D eigenvalue weighted by Crippen LogP contribution is 2.35. The van der Waals surface area contributed by atoms with Gasteiger partial charge in [-0.3, -0.25) is 4.79 Å². The van der Waals surface area contributed by atoms with Gasteiger partial charge in [0.25, 0.3) is 5.91 Å². The third-order valence-corrected chi connectivity index (χ3v) is 4.90. The van der Waals surface area contributed by atoms with Crippen LogP contribution in [0.1, 0.15) is 16.2 Å². The Labute approximate surface area is 166 Å². The lowest BCUT2D eigenvalue weighted by molar-refractivity contribution is -0.140. The number of halogens is 4. The number of alkyl halides is 3. The predicted octanol–water partition coefficient (Wildman–Crippen LogP) is 3.97. The molecule has 0 spiro atoms. The van der Waals surface area contributed by atoms with Crippen molar-refractivity contribution in [2.24, 2.45) is 0 Å². The van der Waals surface area contributed by atoms with Crippen LogP contribution in [-0.4, -0.2) is 47.0 Å². The fourth-order valence-electron chi connectivity index (χ4n) is 3.11. The zero-order chi connectivity index (χ0) is 19.9. The summed E-state index contributed by atoms with van der Waals surface area (Å²) >= 11 is 3.14. The van der Waals surface area contributed by atoms with Crippen LogP contribution in [0.15, 0.2) is 45.5 Å². The maximum atomic E-state index is 13.5. The van der Waals surface area contributed by atoms with E-state index in [9.17, 15) is 18.0 Å². The molecule has 10 heteroatoms. The van der Waals surface area contributed by atoms with Gasteiger partial charge >= 0.3 is 6.18 Å². The summed E-state index contributed by atoms with van der Waals surface area (Å²) in [5.74, 6) is -0.327. The molecule has 1 aliphatic rings. The average Bonchev–Trinajstić information content (AvgIpc) is 3.12. The number of amides is 1. The van der Waals surface area contributed by atoms with E-state index >= 15 is 0 Å². The number of furan rings is 1. The number of piperazine rings is 1. The summed E-state index contributed by atoms with van der Waals surface area (Å²) in [6.07, 6.45) is -4.63. The standard InChI is InChI=1S/C18H14BrF3N4O2/c19-14-6-5-13(28-14)17(27)26-9-7-25(8-10-26)16-15(18(20,21)22)23-11-3-1-2-4-12(11)24-16/h1-6H,7-10H2. The smallest absolute Gasteiger partial charge is 0.437 e. The van der Waals surface area contributed by atoms with Gasteiger partial charge in [-0.2, -0.15) is 13.2 Å². The first-order valence-corrected chi connectivity index (χ1v) is 9.26. The molecule has 146 valence electrons. The number of para-hydroxylation sites is 2. The van der Waals surface area contributed by atoms with Crippen molar-refractivity contribution in [2.45, 2.75) is 6.18 Å². The number of rotatable bonds is 2. The van der Waals surface area contributed by atoms with Crippen LogP contribution in [0.25, 0.3) is 11.0 Å². The second-order valence-corrected chi connectivity index (χ2v) is 7.05. The summed E-state index contributed by atoms with van der Waals surface area (Å²) in [6.45, 7) is 0.930. The van der Waals surface area contributed by atoms with Gasteiger partial charge in [0.2, 0.25) is 0 Å². The van der Waals surface area contributed by atoms with E-state index in [1.165, 1.54) is 11.0 Å². The fraction of sp³-hybridized carbons (Fsp3) is 0.278. The van der Waals surface area contributed by atoms with Gasteiger partial charge in [0.15, 0.2) is 21.9 Å². The first-order valence-electron chi connectivity index (χ1n) is 8.46. The number of hydrogen-bond acceptors (Lipinski definition) is 5. The van der Waals surface area contributed by atoms with Gasteiger partial charge in [-0.1, -0.05) is 12.1 Å². The normalized spacial score (nSPS) is 15.3. The van der Waals surface area contributed by atoms with Crippen LogP contribution in [0.2, 0.25) is 0 Å². The Morgan fingerprint density at radius 1 is 1.00 bits per heavy atom. The molecule has 0 saturated carbocycles. The lowest BCUT2D eigenvalue weighted by atomic mass is 10.2. The van der Waals surface area contributed by atoms with Crippen molar-refractivity contribution in [1.82, 2.24) is 14.9 Å². The maximum Gasteiger partial charge on any atom is 0.437 e. The molecule has 0 aliphatic carbocycles. The van der Waals surface area contributed by atoms with E-state index < -0.39 is 11.9 Å². The van der Waals surface area contributed by atoms with Crippen molar-refractivity contribution in [2.75, 3.05) is 31.1 Å². The van der Waals surface area contributed by atoms with Crippen LogP contribution < -0.4 is 4.90 Å². The fourth-order valence-corrected chi connectivity index (χ4v) is 3.41. The molecule has 0 radical (unpaired) electrons. The molecule has 0 N–H and O–H groups in total. The van der Waals surface area contributed by atoms with E-state index in [0.29, 0.717) is 10.2 Å². The molecule has 3 heterocycles. The molecule has 2 aromatic heterocycles. The van der Waals surface area contributed by atoms with Crippen molar-refractivity contribution in [3.05, 3.63) is 52.5 Å². The summed E-state index contributed by atoms with van der Waals surface area (Å²) in [4.78, 5) is 23.5. The Balaban J connectivity index is 1.59. The summed E-state index contributed by atoms with van der Waals surface area (Å²) in [5, 5.41) is 0. The molecular weight excluding hydrogens is 441 g/mol. The highest BCUT2D eigenvalue weighted by atomic mass is 79.9. The number of nitrogens with zero attached hydrogens (tertiary/aromatic N) is 4. The Kier molecular flexibility index (Phi) is 4.74. The van der Waals surface area contributed by atoms with E-state index in [2.05, 4.69) is 25.9 Å². The Hall–Kier alpha value is -2.62. The van der Waals surface area contributed by atoms with Crippen molar-refractivity contribution in [3.63, 3.8) is 0 Å².